The van der Waals surface area contributed by atoms with Crippen LogP contribution < -0.4 is 15.4 Å². The number of carbonyl (C=O) groups is 2. The van der Waals surface area contributed by atoms with Gasteiger partial charge in [-0.05, 0) is 24.3 Å². The fraction of sp³-hybridized carbons (Fsp3) is 0.111. The Bertz CT molecular complexity index is 1030. The van der Waals surface area contributed by atoms with Crippen LogP contribution in [0.2, 0.25) is 0 Å². The molecule has 0 bridgehead atoms. The number of hydrogen-bond acceptors (Lipinski definition) is 7. The molecule has 2 amide bonds. The summed E-state index contributed by atoms with van der Waals surface area (Å²) in [6, 6.07) is 13.1. The number of alkyl halides is 3. The lowest BCUT2D eigenvalue weighted by atomic mass is 10.1. The van der Waals surface area contributed by atoms with Gasteiger partial charge in [0, 0.05) is 0 Å². The first-order valence-corrected chi connectivity index (χ1v) is 10.1. The number of nitrogens with one attached hydrogen (secondary N) is 2. The Labute approximate surface area is 176 Å². The van der Waals surface area contributed by atoms with Crippen LogP contribution in [-0.4, -0.2) is 28.0 Å². The fourth-order valence-electron chi connectivity index (χ4n) is 2.18. The average molecular weight is 454 g/mol. The molecule has 2 aromatic carbocycles. The van der Waals surface area contributed by atoms with Gasteiger partial charge in [-0.25, -0.2) is 4.79 Å². The van der Waals surface area contributed by atoms with Crippen LogP contribution in [0.5, 0.6) is 5.75 Å². The number of rotatable bonds is 6. The third-order valence-corrected chi connectivity index (χ3v) is 5.37. The van der Waals surface area contributed by atoms with Crippen molar-refractivity contribution in [2.45, 2.75) is 10.5 Å². The molecule has 0 aliphatic heterocycles. The number of para-hydroxylation sites is 2. The highest BCUT2D eigenvalue weighted by atomic mass is 32.2. The molecule has 0 aliphatic carbocycles. The van der Waals surface area contributed by atoms with E-state index in [1.807, 2.05) is 0 Å². The first kappa shape index (κ1) is 21.6. The van der Waals surface area contributed by atoms with Crippen LogP contribution in [0.3, 0.4) is 0 Å². The number of carbonyl (C=O) groups excluding carboxylic acids is 2. The molecule has 0 spiro atoms. The summed E-state index contributed by atoms with van der Waals surface area (Å²) in [6.45, 7) is 0. The lowest BCUT2D eigenvalue weighted by molar-refractivity contribution is -0.137. The molecule has 0 aliphatic rings. The van der Waals surface area contributed by atoms with Gasteiger partial charge in [-0.15, -0.1) is 10.2 Å². The summed E-state index contributed by atoms with van der Waals surface area (Å²) in [7, 11) is 0. The van der Waals surface area contributed by atoms with Gasteiger partial charge in [0.2, 0.25) is 11.0 Å². The molecule has 0 unspecified atom stereocenters. The first-order chi connectivity index (χ1) is 14.3. The van der Waals surface area contributed by atoms with Crippen molar-refractivity contribution in [1.29, 1.82) is 0 Å². The second-order valence-corrected chi connectivity index (χ2v) is 7.78. The van der Waals surface area contributed by atoms with E-state index in [-0.39, 0.29) is 16.6 Å². The van der Waals surface area contributed by atoms with E-state index in [0.29, 0.717) is 10.1 Å². The molecular weight excluding hydrogens is 441 g/mol. The topological polar surface area (TPSA) is 93.2 Å². The van der Waals surface area contributed by atoms with Crippen LogP contribution in [0.25, 0.3) is 0 Å². The summed E-state index contributed by atoms with van der Waals surface area (Å²) < 4.78 is 44.3. The van der Waals surface area contributed by atoms with Gasteiger partial charge in [-0.2, -0.15) is 13.2 Å². The molecule has 0 saturated carbocycles. The molecule has 1 aromatic heterocycles. The molecule has 0 atom stereocenters. The highest BCUT2D eigenvalue weighted by Crippen LogP contribution is 2.34. The lowest BCUT2D eigenvalue weighted by Crippen LogP contribution is -2.18. The van der Waals surface area contributed by atoms with Gasteiger partial charge >= 0.3 is 12.3 Å². The Morgan fingerprint density at radius 3 is 2.43 bits per heavy atom. The third kappa shape index (κ3) is 6.19. The number of hydrogen-bond donors (Lipinski definition) is 2. The van der Waals surface area contributed by atoms with Crippen molar-refractivity contribution in [2.24, 2.45) is 0 Å². The average Bonchev–Trinajstić information content (AvgIpc) is 3.14. The number of thioether (sulfide) groups is 1. The van der Waals surface area contributed by atoms with Crippen LogP contribution >= 0.6 is 23.1 Å². The smallest absolute Gasteiger partial charge is 0.410 e. The van der Waals surface area contributed by atoms with E-state index in [1.54, 1.807) is 30.3 Å². The number of halogens is 3. The van der Waals surface area contributed by atoms with E-state index >= 15 is 0 Å². The zero-order chi connectivity index (χ0) is 21.6. The molecule has 156 valence electrons. The van der Waals surface area contributed by atoms with Crippen LogP contribution in [0.1, 0.15) is 5.56 Å². The zero-order valence-electron chi connectivity index (χ0n) is 15.0. The molecule has 1 heterocycles. The maximum absolute atomic E-state index is 13.0. The normalized spacial score (nSPS) is 11.0. The number of nitrogens with zero attached hydrogens (tertiary/aromatic N) is 2. The predicted molar refractivity (Wildman–Crippen MR) is 107 cm³/mol. The van der Waals surface area contributed by atoms with Crippen molar-refractivity contribution in [3.05, 3.63) is 60.2 Å². The van der Waals surface area contributed by atoms with Gasteiger partial charge < -0.3 is 10.1 Å². The molecular formula is C18H13F3N4O3S2. The van der Waals surface area contributed by atoms with Gasteiger partial charge in [-0.3, -0.25) is 10.1 Å². The van der Waals surface area contributed by atoms with Gasteiger partial charge in [-0.1, -0.05) is 53.4 Å². The molecule has 3 rings (SSSR count). The van der Waals surface area contributed by atoms with Crippen LogP contribution in [-0.2, 0) is 11.0 Å². The van der Waals surface area contributed by atoms with Crippen LogP contribution in [0.4, 0.5) is 28.8 Å². The molecule has 12 heteroatoms. The minimum absolute atomic E-state index is 0.154. The minimum Gasteiger partial charge on any atom is -0.410 e. The van der Waals surface area contributed by atoms with E-state index in [9.17, 15) is 22.8 Å². The van der Waals surface area contributed by atoms with Crippen molar-refractivity contribution in [3.63, 3.8) is 0 Å². The molecule has 0 radical (unpaired) electrons. The monoisotopic (exact) mass is 454 g/mol. The van der Waals surface area contributed by atoms with Crippen molar-refractivity contribution in [1.82, 2.24) is 10.2 Å². The largest absolute Gasteiger partial charge is 0.418 e. The first-order valence-electron chi connectivity index (χ1n) is 8.27. The summed E-state index contributed by atoms with van der Waals surface area (Å²) in [6.07, 6.45) is -5.33. The number of ether oxygens (including phenoxy) is 1. The number of amides is 2. The van der Waals surface area contributed by atoms with Crippen LogP contribution in [0.15, 0.2) is 58.9 Å². The second-order valence-electron chi connectivity index (χ2n) is 5.58. The van der Waals surface area contributed by atoms with Crippen molar-refractivity contribution < 1.29 is 27.5 Å². The molecule has 7 nitrogen and oxygen atoms in total. The quantitative estimate of drug-likeness (QED) is 0.407. The fourth-order valence-corrected chi connectivity index (χ4v) is 3.72. The summed E-state index contributed by atoms with van der Waals surface area (Å²) in [5.74, 6) is -0.468. The number of aromatic nitrogens is 2. The Balaban J connectivity index is 1.51. The standard InChI is InChI=1S/C18H13F3N4O3S2/c19-18(20,21)12-8-4-5-9-13(12)22-14(26)10-29-17-25-24-15(30-17)23-16(27)28-11-6-2-1-3-7-11/h1-9H,10H2,(H,22,26)(H,23,24,27). The Kier molecular flexibility index (Phi) is 6.90. The van der Waals surface area contributed by atoms with Gasteiger partial charge in [0.05, 0.1) is 17.0 Å². The summed E-state index contributed by atoms with van der Waals surface area (Å²) in [5.41, 5.74) is -1.25. The highest BCUT2D eigenvalue weighted by molar-refractivity contribution is 8.01. The molecule has 0 saturated heterocycles. The lowest BCUT2D eigenvalue weighted by Gasteiger charge is -2.13. The number of benzene rings is 2. The SMILES string of the molecule is O=C(CSc1nnc(NC(=O)Oc2ccccc2)s1)Nc1ccccc1C(F)(F)F. The molecule has 2 N–H and O–H groups in total. The summed E-state index contributed by atoms with van der Waals surface area (Å²) in [4.78, 5) is 23.8. The molecule has 3 aromatic rings. The third-order valence-electron chi connectivity index (χ3n) is 3.40. The van der Waals surface area contributed by atoms with Gasteiger partial charge in [0.1, 0.15) is 5.75 Å². The van der Waals surface area contributed by atoms with E-state index in [4.69, 9.17) is 4.74 Å². The molecule has 30 heavy (non-hydrogen) atoms. The summed E-state index contributed by atoms with van der Waals surface area (Å²) in [5, 5.41) is 12.4. The van der Waals surface area contributed by atoms with Crippen LogP contribution in [0, 0.1) is 0 Å². The predicted octanol–water partition coefficient (Wildman–Crippen LogP) is 4.90. The number of anilines is 2. The Hall–Kier alpha value is -3.12. The van der Waals surface area contributed by atoms with Gasteiger partial charge in [0.15, 0.2) is 4.34 Å². The highest BCUT2D eigenvalue weighted by Gasteiger charge is 2.33. The van der Waals surface area contributed by atoms with E-state index in [2.05, 4.69) is 20.8 Å². The maximum atomic E-state index is 13.0. The van der Waals surface area contributed by atoms with Crippen molar-refractivity contribution in [3.8, 4) is 5.75 Å². The zero-order valence-corrected chi connectivity index (χ0v) is 16.6. The molecule has 0 fully saturated rings. The van der Waals surface area contributed by atoms with Crippen molar-refractivity contribution >= 4 is 45.9 Å². The van der Waals surface area contributed by atoms with E-state index in [0.717, 1.165) is 29.2 Å². The van der Waals surface area contributed by atoms with E-state index < -0.39 is 23.7 Å². The second kappa shape index (κ2) is 9.59. The minimum atomic E-state index is -4.58. The summed E-state index contributed by atoms with van der Waals surface area (Å²) >= 11 is 1.97. The Morgan fingerprint density at radius 1 is 1.00 bits per heavy atom. The Morgan fingerprint density at radius 2 is 1.70 bits per heavy atom. The van der Waals surface area contributed by atoms with Gasteiger partial charge in [0.25, 0.3) is 0 Å². The van der Waals surface area contributed by atoms with E-state index in [1.165, 1.54) is 18.2 Å². The van der Waals surface area contributed by atoms with Crippen molar-refractivity contribution in [2.75, 3.05) is 16.4 Å². The maximum Gasteiger partial charge on any atom is 0.418 e.